The van der Waals surface area contributed by atoms with Crippen molar-refractivity contribution in [2.45, 2.75) is 32.6 Å². The van der Waals surface area contributed by atoms with Crippen LogP contribution >= 0.6 is 15.9 Å². The lowest BCUT2D eigenvalue weighted by Crippen LogP contribution is -2.39. The maximum absolute atomic E-state index is 12.8. The first-order chi connectivity index (χ1) is 10.8. The lowest BCUT2D eigenvalue weighted by molar-refractivity contribution is -0.118. The molecule has 0 aromatic heterocycles. The number of carbonyl (C=O) groups excluding carboxylic acids is 1. The molecule has 0 saturated heterocycles. The Morgan fingerprint density at radius 2 is 2.04 bits per heavy atom. The predicted octanol–water partition coefficient (Wildman–Crippen LogP) is 3.47. The highest BCUT2D eigenvalue weighted by atomic mass is 79.9. The van der Waals surface area contributed by atoms with Crippen molar-refractivity contribution < 1.29 is 4.79 Å². The molecule has 0 spiro atoms. The van der Waals surface area contributed by atoms with Crippen LogP contribution in [0.5, 0.6) is 0 Å². The second kappa shape index (κ2) is 5.54. The van der Waals surface area contributed by atoms with E-state index in [2.05, 4.69) is 41.2 Å². The van der Waals surface area contributed by atoms with E-state index in [1.165, 1.54) is 0 Å². The van der Waals surface area contributed by atoms with Gasteiger partial charge in [-0.3, -0.25) is 4.79 Å². The summed E-state index contributed by atoms with van der Waals surface area (Å²) in [6.07, 6.45) is 1.22. The Bertz CT molecular complexity index is 799. The number of Topliss-reactive ketones (excluding diaryl/α,β-unsaturated/α-hetero) is 1. The van der Waals surface area contributed by atoms with Crippen LogP contribution in [0.3, 0.4) is 0 Å². The number of hydrogen-bond donors (Lipinski definition) is 2. The lowest BCUT2D eigenvalue weighted by atomic mass is 9.69. The molecule has 1 unspecified atom stereocenters. The molecule has 2 aliphatic rings. The summed E-state index contributed by atoms with van der Waals surface area (Å²) < 4.78 is 0.872. The number of carbonyl (C=O) groups is 1. The maximum Gasteiger partial charge on any atom is 0.162 e. The molecule has 23 heavy (non-hydrogen) atoms. The van der Waals surface area contributed by atoms with Crippen LogP contribution in [0.4, 0.5) is 0 Å². The van der Waals surface area contributed by atoms with Gasteiger partial charge < -0.3 is 11.1 Å². The normalized spacial score (nSPS) is 23.2. The van der Waals surface area contributed by atoms with Gasteiger partial charge in [-0.25, -0.2) is 0 Å². The van der Waals surface area contributed by atoms with Crippen molar-refractivity contribution in [2.24, 2.45) is 11.1 Å². The van der Waals surface area contributed by atoms with E-state index in [4.69, 9.17) is 5.73 Å². The van der Waals surface area contributed by atoms with Gasteiger partial charge in [-0.05, 0) is 23.5 Å². The molecular weight excluding hydrogens is 354 g/mol. The zero-order valence-corrected chi connectivity index (χ0v) is 14.7. The molecule has 3 N–H and O–H groups in total. The highest BCUT2D eigenvalue weighted by molar-refractivity contribution is 9.10. The van der Waals surface area contributed by atoms with Gasteiger partial charge in [0.25, 0.3) is 0 Å². The molecule has 1 aromatic carbocycles. The second-order valence-electron chi connectivity index (χ2n) is 6.85. The van der Waals surface area contributed by atoms with Gasteiger partial charge in [-0.1, -0.05) is 48.0 Å². The van der Waals surface area contributed by atoms with Gasteiger partial charge >= 0.3 is 0 Å². The fourth-order valence-electron chi connectivity index (χ4n) is 3.46. The second-order valence-corrected chi connectivity index (χ2v) is 7.71. The number of nitrogens with two attached hydrogens (primary N) is 1. The molecule has 0 saturated carbocycles. The molecule has 0 fully saturated rings. The molecule has 0 bridgehead atoms. The third-order valence-corrected chi connectivity index (χ3v) is 5.13. The molecule has 4 nitrogen and oxygen atoms in total. The fourth-order valence-corrected chi connectivity index (χ4v) is 3.97. The first-order valence-electron chi connectivity index (χ1n) is 7.51. The summed E-state index contributed by atoms with van der Waals surface area (Å²) in [7, 11) is 0. The van der Waals surface area contributed by atoms with E-state index in [0.29, 0.717) is 23.4 Å². The Labute approximate surface area is 144 Å². The first-order valence-corrected chi connectivity index (χ1v) is 8.31. The number of halogens is 1. The Morgan fingerprint density at radius 3 is 2.70 bits per heavy atom. The van der Waals surface area contributed by atoms with Gasteiger partial charge in [-0.15, -0.1) is 0 Å². The Hall–Kier alpha value is -2.06. The minimum atomic E-state index is -0.407. The summed E-state index contributed by atoms with van der Waals surface area (Å²) in [5, 5.41) is 12.7. The average molecular weight is 372 g/mol. The topological polar surface area (TPSA) is 78.9 Å². The van der Waals surface area contributed by atoms with Gasteiger partial charge in [0.05, 0.1) is 17.6 Å². The number of benzene rings is 1. The van der Waals surface area contributed by atoms with Crippen LogP contribution < -0.4 is 11.1 Å². The summed E-state index contributed by atoms with van der Waals surface area (Å²) in [6, 6.07) is 9.86. The largest absolute Gasteiger partial charge is 0.384 e. The number of nitrogens with one attached hydrogen (secondary N) is 1. The molecule has 1 aliphatic carbocycles. The summed E-state index contributed by atoms with van der Waals surface area (Å²) in [4.78, 5) is 12.8. The smallest absolute Gasteiger partial charge is 0.162 e. The Balaban J connectivity index is 2.22. The highest BCUT2D eigenvalue weighted by Crippen LogP contribution is 2.46. The molecule has 1 atom stereocenters. The van der Waals surface area contributed by atoms with Crippen LogP contribution in [0.2, 0.25) is 0 Å². The van der Waals surface area contributed by atoms with Gasteiger partial charge in [0.1, 0.15) is 5.82 Å². The zero-order valence-electron chi connectivity index (χ0n) is 13.1. The van der Waals surface area contributed by atoms with E-state index in [0.717, 1.165) is 22.2 Å². The SMILES string of the molecule is CC1(C)CC(=O)C2=C(C1)NC(N)=C(C#N)C2c1ccccc1Br. The molecule has 0 amide bonds. The van der Waals surface area contributed by atoms with Crippen molar-refractivity contribution in [2.75, 3.05) is 0 Å². The maximum atomic E-state index is 12.8. The number of rotatable bonds is 1. The van der Waals surface area contributed by atoms with E-state index in [1.54, 1.807) is 0 Å². The Kier molecular flexibility index (Phi) is 3.81. The van der Waals surface area contributed by atoms with Crippen LogP contribution in [0.15, 0.2) is 51.4 Å². The molecule has 0 radical (unpaired) electrons. The fraction of sp³-hybridized carbons (Fsp3) is 0.333. The van der Waals surface area contributed by atoms with Crippen LogP contribution in [-0.2, 0) is 4.79 Å². The van der Waals surface area contributed by atoms with E-state index in [-0.39, 0.29) is 11.2 Å². The summed E-state index contributed by atoms with van der Waals surface area (Å²) in [5.41, 5.74) is 8.82. The summed E-state index contributed by atoms with van der Waals surface area (Å²) in [6.45, 7) is 4.15. The van der Waals surface area contributed by atoms with Crippen LogP contribution in [0.1, 0.15) is 38.2 Å². The number of allylic oxidation sites excluding steroid dienone is 3. The van der Waals surface area contributed by atoms with Crippen molar-refractivity contribution in [3.63, 3.8) is 0 Å². The third kappa shape index (κ3) is 2.68. The van der Waals surface area contributed by atoms with Crippen molar-refractivity contribution in [1.29, 1.82) is 5.26 Å². The van der Waals surface area contributed by atoms with Gasteiger partial charge in [0.2, 0.25) is 0 Å². The lowest BCUT2D eigenvalue weighted by Gasteiger charge is -2.38. The number of ketones is 1. The van der Waals surface area contributed by atoms with Crippen molar-refractivity contribution >= 4 is 21.7 Å². The third-order valence-electron chi connectivity index (χ3n) is 4.41. The summed E-state index contributed by atoms with van der Waals surface area (Å²) >= 11 is 3.54. The van der Waals surface area contributed by atoms with Crippen LogP contribution in [0.25, 0.3) is 0 Å². The number of hydrogen-bond acceptors (Lipinski definition) is 4. The van der Waals surface area contributed by atoms with Crippen molar-refractivity contribution in [1.82, 2.24) is 5.32 Å². The van der Waals surface area contributed by atoms with E-state index < -0.39 is 5.92 Å². The molecule has 118 valence electrons. The predicted molar refractivity (Wildman–Crippen MR) is 91.9 cm³/mol. The van der Waals surface area contributed by atoms with Crippen molar-refractivity contribution in [3.05, 3.63) is 57.0 Å². The van der Waals surface area contributed by atoms with Crippen LogP contribution in [-0.4, -0.2) is 5.78 Å². The average Bonchev–Trinajstić information content (AvgIpc) is 2.45. The number of nitriles is 1. The van der Waals surface area contributed by atoms with Crippen LogP contribution in [0, 0.1) is 16.7 Å². The zero-order chi connectivity index (χ0) is 16.8. The molecule has 1 aromatic rings. The van der Waals surface area contributed by atoms with Gasteiger partial charge in [-0.2, -0.15) is 5.26 Å². The number of dihydropyridines is 1. The standard InChI is InChI=1S/C18H18BrN3O/c1-18(2)7-13-16(14(23)8-18)15(11(9-20)17(21)22-13)10-5-3-4-6-12(10)19/h3-6,15,22H,7-8,21H2,1-2H3. The minimum Gasteiger partial charge on any atom is -0.384 e. The summed E-state index contributed by atoms with van der Waals surface area (Å²) in [5.74, 6) is 0.0256. The van der Waals surface area contributed by atoms with E-state index >= 15 is 0 Å². The Morgan fingerprint density at radius 1 is 1.35 bits per heavy atom. The molecule has 5 heteroatoms. The minimum absolute atomic E-state index is 0.0877. The van der Waals surface area contributed by atoms with Gasteiger partial charge in [0, 0.05) is 22.2 Å². The highest BCUT2D eigenvalue weighted by Gasteiger charge is 2.41. The van der Waals surface area contributed by atoms with E-state index in [1.807, 2.05) is 24.3 Å². The molecular formula is C18H18BrN3O. The van der Waals surface area contributed by atoms with Gasteiger partial charge in [0.15, 0.2) is 5.78 Å². The molecule has 1 aliphatic heterocycles. The molecule has 1 heterocycles. The van der Waals surface area contributed by atoms with Crippen molar-refractivity contribution in [3.8, 4) is 6.07 Å². The quantitative estimate of drug-likeness (QED) is 0.791. The monoisotopic (exact) mass is 371 g/mol. The number of nitrogens with zero attached hydrogens (tertiary/aromatic N) is 1. The van der Waals surface area contributed by atoms with E-state index in [9.17, 15) is 10.1 Å². The molecule has 3 rings (SSSR count). The first kappa shape index (κ1) is 15.8.